The first-order valence-electron chi connectivity index (χ1n) is 9.63. The first-order valence-corrected chi connectivity index (χ1v) is 9.63. The summed E-state index contributed by atoms with van der Waals surface area (Å²) in [6, 6.07) is 9.38. The second-order valence-electron chi connectivity index (χ2n) is 7.40. The van der Waals surface area contributed by atoms with E-state index in [1.807, 2.05) is 35.4 Å². The van der Waals surface area contributed by atoms with E-state index in [2.05, 4.69) is 10.1 Å². The Bertz CT molecular complexity index is 1220. The average Bonchev–Trinajstić information content (AvgIpc) is 3.17. The quantitative estimate of drug-likeness (QED) is 0.608. The number of carbonyl (C=O) groups is 1. The average molecular weight is 410 g/mol. The molecule has 0 saturated carbocycles. The molecular weight excluding hydrogens is 393 g/mol. The predicted octanol–water partition coefficient (Wildman–Crippen LogP) is 4.82. The second-order valence-corrected chi connectivity index (χ2v) is 7.40. The van der Waals surface area contributed by atoms with Crippen molar-refractivity contribution in [2.75, 3.05) is 11.4 Å². The molecular formula is C22H17F3N4O. The standard InChI is InChI=1S/C22H17F3N4O/c23-22(24,25)20-5-2-6-21(27-20)29-18-11-16(8-7-15(18)12-26-29)28-10-9-14-3-1-4-19(30)17(14)13-28/h2,5-12H,1,3-4,13H2. The van der Waals surface area contributed by atoms with Crippen molar-refractivity contribution < 1.29 is 18.0 Å². The van der Waals surface area contributed by atoms with Crippen LogP contribution in [0.4, 0.5) is 18.9 Å². The Morgan fingerprint density at radius 1 is 1.07 bits per heavy atom. The minimum atomic E-state index is -4.53. The van der Waals surface area contributed by atoms with E-state index in [0.29, 0.717) is 18.5 Å². The van der Waals surface area contributed by atoms with Gasteiger partial charge in [0.2, 0.25) is 0 Å². The maximum atomic E-state index is 13.1. The molecule has 0 saturated heterocycles. The third-order valence-corrected chi connectivity index (χ3v) is 5.49. The van der Waals surface area contributed by atoms with Crippen LogP contribution < -0.4 is 4.90 Å². The number of rotatable bonds is 2. The van der Waals surface area contributed by atoms with E-state index in [4.69, 9.17) is 0 Å². The van der Waals surface area contributed by atoms with Crippen LogP contribution >= 0.6 is 0 Å². The van der Waals surface area contributed by atoms with Gasteiger partial charge in [0.05, 0.1) is 18.3 Å². The molecule has 30 heavy (non-hydrogen) atoms. The van der Waals surface area contributed by atoms with Crippen molar-refractivity contribution in [3.05, 3.63) is 71.7 Å². The van der Waals surface area contributed by atoms with Crippen molar-refractivity contribution in [1.82, 2.24) is 14.8 Å². The first kappa shape index (κ1) is 18.6. The molecule has 5 nitrogen and oxygen atoms in total. The van der Waals surface area contributed by atoms with Gasteiger partial charge < -0.3 is 4.90 Å². The Morgan fingerprint density at radius 3 is 2.77 bits per heavy atom. The topological polar surface area (TPSA) is 51.0 Å². The highest BCUT2D eigenvalue weighted by molar-refractivity contribution is 5.99. The summed E-state index contributed by atoms with van der Waals surface area (Å²) in [5.74, 6) is 0.281. The number of allylic oxidation sites excluding steroid dienone is 2. The van der Waals surface area contributed by atoms with E-state index in [0.717, 1.165) is 41.1 Å². The molecule has 0 amide bonds. The molecule has 152 valence electrons. The third-order valence-electron chi connectivity index (χ3n) is 5.49. The molecule has 3 heterocycles. The number of aromatic nitrogens is 3. The van der Waals surface area contributed by atoms with Gasteiger partial charge in [-0.15, -0.1) is 0 Å². The molecule has 8 heteroatoms. The van der Waals surface area contributed by atoms with Gasteiger partial charge in [0.15, 0.2) is 11.6 Å². The number of pyridine rings is 1. The molecule has 0 unspecified atom stereocenters. The Labute approximate surface area is 170 Å². The molecule has 2 aromatic heterocycles. The molecule has 2 aliphatic rings. The summed E-state index contributed by atoms with van der Waals surface area (Å²) in [6.45, 7) is 0.492. The molecule has 1 aliphatic heterocycles. The number of carbonyl (C=O) groups excluding carboxylic acids is 1. The van der Waals surface area contributed by atoms with Gasteiger partial charge in [0, 0.05) is 29.3 Å². The molecule has 0 N–H and O–H groups in total. The smallest absolute Gasteiger partial charge is 0.343 e. The molecule has 0 radical (unpaired) electrons. The third kappa shape index (κ3) is 3.18. The minimum absolute atomic E-state index is 0.0959. The van der Waals surface area contributed by atoms with Crippen molar-refractivity contribution in [1.29, 1.82) is 0 Å². The van der Waals surface area contributed by atoms with E-state index in [1.165, 1.54) is 16.8 Å². The van der Waals surface area contributed by atoms with E-state index >= 15 is 0 Å². The Morgan fingerprint density at radius 2 is 1.93 bits per heavy atom. The monoisotopic (exact) mass is 410 g/mol. The normalized spacial score (nSPS) is 17.0. The fourth-order valence-electron chi connectivity index (χ4n) is 3.94. The fourth-order valence-corrected chi connectivity index (χ4v) is 3.94. The molecule has 3 aromatic rings. The minimum Gasteiger partial charge on any atom is -0.343 e. The van der Waals surface area contributed by atoms with E-state index < -0.39 is 11.9 Å². The van der Waals surface area contributed by atoms with Gasteiger partial charge in [-0.25, -0.2) is 9.67 Å². The summed E-state index contributed by atoms with van der Waals surface area (Å²) < 4.78 is 40.6. The molecule has 5 rings (SSSR count). The summed E-state index contributed by atoms with van der Waals surface area (Å²) >= 11 is 0. The van der Waals surface area contributed by atoms with Crippen LogP contribution in [-0.2, 0) is 11.0 Å². The zero-order valence-corrected chi connectivity index (χ0v) is 15.9. The number of ketones is 1. The van der Waals surface area contributed by atoms with Gasteiger partial charge in [-0.3, -0.25) is 4.79 Å². The van der Waals surface area contributed by atoms with E-state index in [-0.39, 0.29) is 11.6 Å². The van der Waals surface area contributed by atoms with Gasteiger partial charge in [-0.05, 0) is 54.8 Å². The number of benzene rings is 1. The van der Waals surface area contributed by atoms with Crippen molar-refractivity contribution in [3.63, 3.8) is 0 Å². The zero-order chi connectivity index (χ0) is 20.9. The van der Waals surface area contributed by atoms with E-state index in [1.54, 1.807) is 6.20 Å². The van der Waals surface area contributed by atoms with Crippen molar-refractivity contribution in [2.45, 2.75) is 25.4 Å². The number of fused-ring (bicyclic) bond motifs is 1. The molecule has 1 aromatic carbocycles. The van der Waals surface area contributed by atoms with Crippen molar-refractivity contribution in [2.24, 2.45) is 0 Å². The van der Waals surface area contributed by atoms with Gasteiger partial charge in [-0.2, -0.15) is 18.3 Å². The Kier molecular flexibility index (Phi) is 4.23. The van der Waals surface area contributed by atoms with Crippen LogP contribution in [0, 0.1) is 0 Å². The van der Waals surface area contributed by atoms with Crippen LogP contribution in [0.5, 0.6) is 0 Å². The Hall–Kier alpha value is -3.42. The van der Waals surface area contributed by atoms with Gasteiger partial charge >= 0.3 is 6.18 Å². The summed E-state index contributed by atoms with van der Waals surface area (Å²) in [5, 5.41) is 5.02. The van der Waals surface area contributed by atoms with Crippen molar-refractivity contribution >= 4 is 22.4 Å². The van der Waals surface area contributed by atoms with Crippen LogP contribution in [0.3, 0.4) is 0 Å². The second kappa shape index (κ2) is 6.83. The summed E-state index contributed by atoms with van der Waals surface area (Å²) in [4.78, 5) is 18.0. The molecule has 0 fully saturated rings. The summed E-state index contributed by atoms with van der Waals surface area (Å²) in [5.41, 5.74) is 2.45. The SMILES string of the molecule is O=C1CCCC2=C1CN(c1ccc3cnn(-c4cccc(C(F)(F)F)n4)c3c1)C=C2. The van der Waals surface area contributed by atoms with Gasteiger partial charge in [0.1, 0.15) is 5.69 Å². The van der Waals surface area contributed by atoms with Crippen LogP contribution in [-0.4, -0.2) is 27.1 Å². The lowest BCUT2D eigenvalue weighted by Gasteiger charge is -2.29. The highest BCUT2D eigenvalue weighted by Crippen LogP contribution is 2.32. The number of Topliss-reactive ketones (excluding diaryl/α,β-unsaturated/α-hetero) is 1. The maximum Gasteiger partial charge on any atom is 0.433 e. The maximum absolute atomic E-state index is 13.1. The number of hydrogen-bond acceptors (Lipinski definition) is 4. The number of halogens is 3. The number of anilines is 1. The van der Waals surface area contributed by atoms with Crippen LogP contribution in [0.25, 0.3) is 16.7 Å². The predicted molar refractivity (Wildman–Crippen MR) is 106 cm³/mol. The largest absolute Gasteiger partial charge is 0.433 e. The highest BCUT2D eigenvalue weighted by Gasteiger charge is 2.32. The molecule has 0 spiro atoms. The summed E-state index contributed by atoms with van der Waals surface area (Å²) in [6.07, 6.45) is 3.37. The van der Waals surface area contributed by atoms with Crippen molar-refractivity contribution in [3.8, 4) is 5.82 Å². The molecule has 0 atom stereocenters. The zero-order valence-electron chi connectivity index (χ0n) is 15.9. The van der Waals surface area contributed by atoms with Gasteiger partial charge in [-0.1, -0.05) is 6.07 Å². The molecule has 0 bridgehead atoms. The van der Waals surface area contributed by atoms with Gasteiger partial charge in [0.25, 0.3) is 0 Å². The van der Waals surface area contributed by atoms with Crippen LogP contribution in [0.2, 0.25) is 0 Å². The molecule has 1 aliphatic carbocycles. The lowest BCUT2D eigenvalue weighted by Crippen LogP contribution is -2.28. The number of alkyl halides is 3. The first-order chi connectivity index (χ1) is 14.4. The van der Waals surface area contributed by atoms with E-state index in [9.17, 15) is 18.0 Å². The Balaban J connectivity index is 1.53. The lowest BCUT2D eigenvalue weighted by molar-refractivity contribution is -0.141. The summed E-state index contributed by atoms with van der Waals surface area (Å²) in [7, 11) is 0. The fraction of sp³-hybridized carbons (Fsp3) is 0.227. The van der Waals surface area contributed by atoms with Crippen LogP contribution in [0.15, 0.2) is 66.0 Å². The number of hydrogen-bond donors (Lipinski definition) is 0. The lowest BCUT2D eigenvalue weighted by atomic mass is 9.88. The number of nitrogens with zero attached hydrogens (tertiary/aromatic N) is 4. The highest BCUT2D eigenvalue weighted by atomic mass is 19.4. The van der Waals surface area contributed by atoms with Crippen LogP contribution in [0.1, 0.15) is 25.0 Å².